The molecule has 1 aliphatic rings. The number of nitrogens with zero attached hydrogens (tertiary/aromatic N) is 3. The summed E-state index contributed by atoms with van der Waals surface area (Å²) < 4.78 is 10.8. The second-order valence-electron chi connectivity index (χ2n) is 7.03. The van der Waals surface area contributed by atoms with Crippen LogP contribution in [-0.2, 0) is 6.54 Å². The molecule has 158 valence electrons. The van der Waals surface area contributed by atoms with Gasteiger partial charge in [0.15, 0.2) is 5.96 Å². The van der Waals surface area contributed by atoms with Gasteiger partial charge in [-0.05, 0) is 26.7 Å². The van der Waals surface area contributed by atoms with E-state index in [1.807, 2.05) is 18.5 Å². The molecule has 1 aromatic heterocycles. The summed E-state index contributed by atoms with van der Waals surface area (Å²) in [7, 11) is 3.37. The quantitative estimate of drug-likeness (QED) is 0.533. The summed E-state index contributed by atoms with van der Waals surface area (Å²) in [6.45, 7) is 7.58. The van der Waals surface area contributed by atoms with Crippen LogP contribution in [-0.4, -0.2) is 50.8 Å². The lowest BCUT2D eigenvalue weighted by atomic mass is 10.0. The molecule has 0 atom stereocenters. The van der Waals surface area contributed by atoms with Crippen LogP contribution in [0.25, 0.3) is 0 Å². The van der Waals surface area contributed by atoms with E-state index in [2.05, 4.69) is 39.6 Å². The molecule has 29 heavy (non-hydrogen) atoms. The van der Waals surface area contributed by atoms with Crippen molar-refractivity contribution < 1.29 is 9.47 Å². The summed E-state index contributed by atoms with van der Waals surface area (Å²) in [4.78, 5) is 12.6. The van der Waals surface area contributed by atoms with E-state index < -0.39 is 0 Å². The molecule has 2 aromatic rings. The van der Waals surface area contributed by atoms with Crippen LogP contribution in [0.5, 0.6) is 11.5 Å². The average molecular weight is 418 g/mol. The van der Waals surface area contributed by atoms with Gasteiger partial charge in [0.2, 0.25) is 0 Å². The maximum absolute atomic E-state index is 5.41. The fourth-order valence-corrected chi connectivity index (χ4v) is 4.10. The summed E-state index contributed by atoms with van der Waals surface area (Å²) in [6.07, 6.45) is 2.09. The molecule has 0 spiro atoms. The Morgan fingerprint density at radius 1 is 1.21 bits per heavy atom. The van der Waals surface area contributed by atoms with Gasteiger partial charge in [-0.15, -0.1) is 11.3 Å². The Morgan fingerprint density at radius 2 is 1.90 bits per heavy atom. The highest BCUT2D eigenvalue weighted by Gasteiger charge is 2.21. The average Bonchev–Trinajstić information content (AvgIpc) is 3.17. The Bertz CT molecular complexity index is 793. The van der Waals surface area contributed by atoms with Crippen molar-refractivity contribution in [3.8, 4) is 11.5 Å². The van der Waals surface area contributed by atoms with Crippen LogP contribution in [0.4, 0.5) is 5.69 Å². The van der Waals surface area contributed by atoms with E-state index >= 15 is 0 Å². The largest absolute Gasteiger partial charge is 0.497 e. The van der Waals surface area contributed by atoms with Crippen molar-refractivity contribution in [1.82, 2.24) is 15.6 Å². The molecule has 2 heterocycles. The molecule has 1 aliphatic heterocycles. The van der Waals surface area contributed by atoms with E-state index in [-0.39, 0.29) is 0 Å². The summed E-state index contributed by atoms with van der Waals surface area (Å²) in [6, 6.07) is 6.44. The third kappa shape index (κ3) is 5.76. The number of guanidine groups is 1. The third-order valence-corrected chi connectivity index (χ3v) is 6.03. The predicted octanol–water partition coefficient (Wildman–Crippen LogP) is 3.19. The van der Waals surface area contributed by atoms with Crippen LogP contribution in [0.1, 0.15) is 30.3 Å². The van der Waals surface area contributed by atoms with Gasteiger partial charge >= 0.3 is 0 Å². The Labute approximate surface area is 177 Å². The van der Waals surface area contributed by atoms with Crippen molar-refractivity contribution in [1.29, 1.82) is 0 Å². The smallest absolute Gasteiger partial charge is 0.191 e. The summed E-state index contributed by atoms with van der Waals surface area (Å²) in [5.41, 5.74) is 4.08. The van der Waals surface area contributed by atoms with Crippen molar-refractivity contribution in [3.63, 3.8) is 0 Å². The Hall–Kier alpha value is -2.48. The van der Waals surface area contributed by atoms with Crippen LogP contribution in [0.2, 0.25) is 0 Å². The third-order valence-electron chi connectivity index (χ3n) is 5.11. The van der Waals surface area contributed by atoms with Crippen LogP contribution >= 0.6 is 11.3 Å². The molecule has 1 saturated heterocycles. The number of piperidine rings is 1. The standard InChI is InChI=1S/C21H31N5O2S/c1-5-22-21(23-13-20-15(2)24-14-29-20)25-16-6-8-26(9-7-16)17-10-18(27-3)12-19(11-17)28-4/h10-12,14,16H,5-9,13H2,1-4H3,(H2,22,23,25). The molecule has 1 aromatic carbocycles. The van der Waals surface area contributed by atoms with Gasteiger partial charge in [0.05, 0.1) is 32.0 Å². The molecule has 2 N–H and O–H groups in total. The first-order valence-electron chi connectivity index (χ1n) is 10.0. The Morgan fingerprint density at radius 3 is 2.45 bits per heavy atom. The zero-order chi connectivity index (χ0) is 20.6. The van der Waals surface area contributed by atoms with Crippen molar-refractivity contribution in [3.05, 3.63) is 34.3 Å². The van der Waals surface area contributed by atoms with Gasteiger partial charge in [0, 0.05) is 54.4 Å². The van der Waals surface area contributed by atoms with Gasteiger partial charge in [-0.1, -0.05) is 0 Å². The zero-order valence-electron chi connectivity index (χ0n) is 17.7. The van der Waals surface area contributed by atoms with Crippen LogP contribution in [0, 0.1) is 6.92 Å². The van der Waals surface area contributed by atoms with Crippen LogP contribution in [0.15, 0.2) is 28.7 Å². The Balaban J connectivity index is 1.58. The molecule has 0 aliphatic carbocycles. The number of aliphatic imine (C=N–C) groups is 1. The number of hydrogen-bond donors (Lipinski definition) is 2. The topological polar surface area (TPSA) is 71.0 Å². The van der Waals surface area contributed by atoms with E-state index in [0.717, 1.165) is 61.3 Å². The normalized spacial score (nSPS) is 15.3. The molecule has 1 fully saturated rings. The molecule has 8 heteroatoms. The number of hydrogen-bond acceptors (Lipinski definition) is 6. The van der Waals surface area contributed by atoms with Crippen LogP contribution < -0.4 is 25.0 Å². The van der Waals surface area contributed by atoms with E-state index in [9.17, 15) is 0 Å². The van der Waals surface area contributed by atoms with Crippen molar-refractivity contribution in [2.24, 2.45) is 4.99 Å². The van der Waals surface area contributed by atoms with Crippen molar-refractivity contribution in [2.45, 2.75) is 39.3 Å². The number of methoxy groups -OCH3 is 2. The number of benzene rings is 1. The molecule has 0 bridgehead atoms. The number of anilines is 1. The fraction of sp³-hybridized carbons (Fsp3) is 0.524. The van der Waals surface area contributed by atoms with Gasteiger partial charge in [0.25, 0.3) is 0 Å². The van der Waals surface area contributed by atoms with Crippen molar-refractivity contribution in [2.75, 3.05) is 38.8 Å². The first-order valence-corrected chi connectivity index (χ1v) is 10.9. The Kier molecular flexibility index (Phi) is 7.57. The molecule has 3 rings (SSSR count). The molecule has 0 saturated carbocycles. The number of thiazole rings is 1. The van der Waals surface area contributed by atoms with E-state index in [1.54, 1.807) is 25.6 Å². The zero-order valence-corrected chi connectivity index (χ0v) is 18.5. The minimum Gasteiger partial charge on any atom is -0.497 e. The number of rotatable bonds is 7. The molecule has 0 unspecified atom stereocenters. The second-order valence-corrected chi connectivity index (χ2v) is 7.97. The van der Waals surface area contributed by atoms with Gasteiger partial charge in [-0.25, -0.2) is 9.98 Å². The second kappa shape index (κ2) is 10.3. The van der Waals surface area contributed by atoms with Gasteiger partial charge in [0.1, 0.15) is 11.5 Å². The SMILES string of the molecule is CCNC(=NCc1scnc1C)NC1CCN(c2cc(OC)cc(OC)c2)CC1. The maximum Gasteiger partial charge on any atom is 0.191 e. The lowest BCUT2D eigenvalue weighted by Gasteiger charge is -2.34. The predicted molar refractivity (Wildman–Crippen MR) is 120 cm³/mol. The van der Waals surface area contributed by atoms with Gasteiger partial charge in [-0.2, -0.15) is 0 Å². The fourth-order valence-electron chi connectivity index (χ4n) is 3.40. The minimum absolute atomic E-state index is 0.402. The molecular formula is C21H31N5O2S. The highest BCUT2D eigenvalue weighted by Crippen LogP contribution is 2.30. The summed E-state index contributed by atoms with van der Waals surface area (Å²) in [5, 5.41) is 6.96. The number of ether oxygens (including phenoxy) is 2. The van der Waals surface area contributed by atoms with Crippen molar-refractivity contribution >= 4 is 23.0 Å². The van der Waals surface area contributed by atoms with E-state index in [4.69, 9.17) is 14.5 Å². The molecule has 0 amide bonds. The monoisotopic (exact) mass is 417 g/mol. The molecule has 7 nitrogen and oxygen atoms in total. The maximum atomic E-state index is 5.41. The highest BCUT2D eigenvalue weighted by atomic mass is 32.1. The number of nitrogens with one attached hydrogen (secondary N) is 2. The lowest BCUT2D eigenvalue weighted by molar-refractivity contribution is 0.393. The highest BCUT2D eigenvalue weighted by molar-refractivity contribution is 7.09. The lowest BCUT2D eigenvalue weighted by Crippen LogP contribution is -2.48. The van der Waals surface area contributed by atoms with E-state index in [0.29, 0.717) is 12.6 Å². The van der Waals surface area contributed by atoms with Crippen LogP contribution in [0.3, 0.4) is 0 Å². The molecular weight excluding hydrogens is 386 g/mol. The van der Waals surface area contributed by atoms with Gasteiger partial charge in [-0.3, -0.25) is 0 Å². The van der Waals surface area contributed by atoms with E-state index in [1.165, 1.54) is 4.88 Å². The molecule has 0 radical (unpaired) electrons. The van der Waals surface area contributed by atoms with Gasteiger partial charge < -0.3 is 25.0 Å². The summed E-state index contributed by atoms with van der Waals surface area (Å²) >= 11 is 1.66. The first-order chi connectivity index (χ1) is 14.1. The summed E-state index contributed by atoms with van der Waals surface area (Å²) in [5.74, 6) is 2.51. The minimum atomic E-state index is 0.402. The number of aryl methyl sites for hydroxylation is 1. The number of aromatic nitrogens is 1. The first kappa shape index (κ1) is 21.2.